The Bertz CT molecular complexity index is 225. The van der Waals surface area contributed by atoms with Gasteiger partial charge in [0.15, 0.2) is 23.3 Å². The first-order valence-electron chi connectivity index (χ1n) is 3.11. The van der Waals surface area contributed by atoms with Crippen molar-refractivity contribution in [1.29, 1.82) is 0 Å². The van der Waals surface area contributed by atoms with Gasteiger partial charge in [0.05, 0.1) is 0 Å². The molecule has 0 N–H and O–H groups in total. The van der Waals surface area contributed by atoms with Gasteiger partial charge >= 0.3 is 0 Å². The van der Waals surface area contributed by atoms with E-state index in [9.17, 15) is 17.6 Å². The molecule has 0 saturated carbocycles. The van der Waals surface area contributed by atoms with Gasteiger partial charge in [0.2, 0.25) is 0 Å². The minimum atomic E-state index is -1.82. The Morgan fingerprint density at radius 2 is 1.25 bits per heavy atom. The molecule has 0 unspecified atom stereocenters. The molecule has 4 heteroatoms. The summed E-state index contributed by atoms with van der Waals surface area (Å²) in [6.45, 7) is 4.19. The zero-order valence-corrected chi connectivity index (χ0v) is 6.22. The number of benzene rings is 1. The summed E-state index contributed by atoms with van der Waals surface area (Å²) >= 11 is 0. The summed E-state index contributed by atoms with van der Waals surface area (Å²) in [5, 5.41) is 0. The molecule has 0 aliphatic carbocycles. The predicted octanol–water partition coefficient (Wildman–Crippen LogP) is 2.73. The van der Waals surface area contributed by atoms with Crippen LogP contribution in [-0.4, -0.2) is 0 Å². The van der Waals surface area contributed by atoms with Crippen LogP contribution in [0.2, 0.25) is 0 Å². The topological polar surface area (TPSA) is 0 Å². The van der Waals surface area contributed by atoms with Crippen LogP contribution in [0.3, 0.4) is 0 Å². The molecular weight excluding hydrogens is 172 g/mol. The van der Waals surface area contributed by atoms with E-state index in [-0.39, 0.29) is 5.56 Å². The molecule has 1 rings (SSSR count). The monoisotopic (exact) mass is 177 g/mol. The Hall–Kier alpha value is -1.06. The SMILES string of the molecule is [CH2]c1c(C)c(F)c(F)c(F)c1F. The highest BCUT2D eigenvalue weighted by Crippen LogP contribution is 2.22. The summed E-state index contributed by atoms with van der Waals surface area (Å²) in [5.41, 5.74) is -0.766. The summed E-state index contributed by atoms with van der Waals surface area (Å²) in [6, 6.07) is 0. The van der Waals surface area contributed by atoms with Crippen molar-refractivity contribution in [2.24, 2.45) is 0 Å². The van der Waals surface area contributed by atoms with E-state index in [1.165, 1.54) is 0 Å². The number of hydrogen-bond donors (Lipinski definition) is 0. The molecule has 0 aliphatic rings. The highest BCUT2D eigenvalue weighted by molar-refractivity contribution is 5.32. The third-order valence-electron chi connectivity index (χ3n) is 1.62. The minimum absolute atomic E-state index is 0.314. The summed E-state index contributed by atoms with van der Waals surface area (Å²) < 4.78 is 50.0. The molecule has 1 radical (unpaired) electrons. The summed E-state index contributed by atoms with van der Waals surface area (Å²) in [5.74, 6) is -6.44. The third-order valence-corrected chi connectivity index (χ3v) is 1.62. The van der Waals surface area contributed by atoms with E-state index in [1.54, 1.807) is 0 Å². The number of hydrogen-bond acceptors (Lipinski definition) is 0. The maximum atomic E-state index is 12.6. The molecule has 0 saturated heterocycles. The molecule has 0 spiro atoms. The lowest BCUT2D eigenvalue weighted by atomic mass is 10.1. The fourth-order valence-electron chi connectivity index (χ4n) is 0.787. The highest BCUT2D eigenvalue weighted by Gasteiger charge is 2.19. The van der Waals surface area contributed by atoms with Crippen LogP contribution in [0.4, 0.5) is 17.6 Å². The fourth-order valence-corrected chi connectivity index (χ4v) is 0.787. The average molecular weight is 177 g/mol. The van der Waals surface area contributed by atoms with Crippen molar-refractivity contribution in [2.45, 2.75) is 6.92 Å². The van der Waals surface area contributed by atoms with Gasteiger partial charge in [0.25, 0.3) is 0 Å². The first kappa shape index (κ1) is 9.03. The molecule has 1 aromatic carbocycles. The Balaban J connectivity index is 3.60. The van der Waals surface area contributed by atoms with E-state index in [0.717, 1.165) is 6.92 Å². The average Bonchev–Trinajstić information content (AvgIpc) is 2.08. The molecule has 0 aromatic heterocycles. The first-order chi connectivity index (χ1) is 5.46. The molecule has 0 aliphatic heterocycles. The van der Waals surface area contributed by atoms with Gasteiger partial charge in [-0.05, 0) is 25.0 Å². The quantitative estimate of drug-likeness (QED) is 0.324. The van der Waals surface area contributed by atoms with Crippen molar-refractivity contribution >= 4 is 0 Å². The maximum absolute atomic E-state index is 12.6. The van der Waals surface area contributed by atoms with Crippen LogP contribution in [0, 0.1) is 37.1 Å². The second-order valence-corrected chi connectivity index (χ2v) is 2.36. The van der Waals surface area contributed by atoms with Crippen LogP contribution >= 0.6 is 0 Å². The predicted molar refractivity (Wildman–Crippen MR) is 35.5 cm³/mol. The van der Waals surface area contributed by atoms with Crippen LogP contribution in [0.15, 0.2) is 0 Å². The second kappa shape index (κ2) is 2.77. The summed E-state index contributed by atoms with van der Waals surface area (Å²) in [4.78, 5) is 0. The van der Waals surface area contributed by atoms with E-state index >= 15 is 0 Å². The normalized spacial score (nSPS) is 10.5. The van der Waals surface area contributed by atoms with Crippen LogP contribution in [-0.2, 0) is 0 Å². The Labute approximate surface area is 66.8 Å². The van der Waals surface area contributed by atoms with Gasteiger partial charge in [-0.25, -0.2) is 17.6 Å². The van der Waals surface area contributed by atoms with Crippen LogP contribution in [0.5, 0.6) is 0 Å². The molecule has 0 amide bonds. The maximum Gasteiger partial charge on any atom is 0.197 e. The van der Waals surface area contributed by atoms with Crippen LogP contribution in [0.1, 0.15) is 11.1 Å². The first-order valence-corrected chi connectivity index (χ1v) is 3.11. The van der Waals surface area contributed by atoms with E-state index < -0.39 is 28.8 Å². The minimum Gasteiger partial charge on any atom is -0.203 e. The van der Waals surface area contributed by atoms with E-state index in [1.807, 2.05) is 0 Å². The summed E-state index contributed by atoms with van der Waals surface area (Å²) in [6.07, 6.45) is 0. The third kappa shape index (κ3) is 1.07. The van der Waals surface area contributed by atoms with Gasteiger partial charge in [-0.1, -0.05) is 0 Å². The Morgan fingerprint density at radius 3 is 1.75 bits per heavy atom. The van der Waals surface area contributed by atoms with Gasteiger partial charge in [-0.15, -0.1) is 0 Å². The van der Waals surface area contributed by atoms with Crippen molar-refractivity contribution in [3.8, 4) is 0 Å². The van der Waals surface area contributed by atoms with Gasteiger partial charge < -0.3 is 0 Å². The molecule has 0 fully saturated rings. The Morgan fingerprint density at radius 1 is 0.833 bits per heavy atom. The smallest absolute Gasteiger partial charge is 0.197 e. The number of rotatable bonds is 0. The largest absolute Gasteiger partial charge is 0.203 e. The Kier molecular flexibility index (Phi) is 2.08. The van der Waals surface area contributed by atoms with E-state index in [0.29, 0.717) is 0 Å². The summed E-state index contributed by atoms with van der Waals surface area (Å²) in [7, 11) is 0. The van der Waals surface area contributed by atoms with Crippen LogP contribution in [0.25, 0.3) is 0 Å². The van der Waals surface area contributed by atoms with Gasteiger partial charge in [-0.3, -0.25) is 0 Å². The second-order valence-electron chi connectivity index (χ2n) is 2.36. The van der Waals surface area contributed by atoms with Gasteiger partial charge in [0.1, 0.15) is 0 Å². The molecule has 65 valence electrons. The van der Waals surface area contributed by atoms with Crippen molar-refractivity contribution in [3.05, 3.63) is 41.3 Å². The van der Waals surface area contributed by atoms with E-state index in [2.05, 4.69) is 6.92 Å². The van der Waals surface area contributed by atoms with Gasteiger partial charge in [-0.2, -0.15) is 0 Å². The zero-order valence-electron chi connectivity index (χ0n) is 6.22. The van der Waals surface area contributed by atoms with Crippen molar-refractivity contribution < 1.29 is 17.6 Å². The molecule has 12 heavy (non-hydrogen) atoms. The zero-order chi connectivity index (χ0) is 9.46. The van der Waals surface area contributed by atoms with Crippen LogP contribution < -0.4 is 0 Å². The highest BCUT2D eigenvalue weighted by atomic mass is 19.2. The molecule has 0 heterocycles. The number of halogens is 4. The molecule has 0 bridgehead atoms. The lowest BCUT2D eigenvalue weighted by Gasteiger charge is -2.04. The van der Waals surface area contributed by atoms with E-state index in [4.69, 9.17) is 0 Å². The van der Waals surface area contributed by atoms with Crippen molar-refractivity contribution in [1.82, 2.24) is 0 Å². The van der Waals surface area contributed by atoms with Gasteiger partial charge in [0, 0.05) is 0 Å². The lowest BCUT2D eigenvalue weighted by Crippen LogP contribution is -2.02. The molecule has 0 atom stereocenters. The molecule has 1 aromatic rings. The molecule has 0 nitrogen and oxygen atoms in total. The van der Waals surface area contributed by atoms with Crippen molar-refractivity contribution in [2.75, 3.05) is 0 Å². The standard InChI is InChI=1S/C8H5F4/c1-3-4(2)6(10)8(12)7(11)5(3)9/h1H2,2H3. The lowest BCUT2D eigenvalue weighted by molar-refractivity contribution is 0.404. The fraction of sp³-hybridized carbons (Fsp3) is 0.125. The molecular formula is C8H5F4. The van der Waals surface area contributed by atoms with Crippen molar-refractivity contribution in [3.63, 3.8) is 0 Å².